The van der Waals surface area contributed by atoms with E-state index in [9.17, 15) is 4.79 Å². The van der Waals surface area contributed by atoms with Gasteiger partial charge in [-0.15, -0.1) is 0 Å². The second-order valence-corrected chi connectivity index (χ2v) is 4.36. The van der Waals surface area contributed by atoms with E-state index in [1.54, 1.807) is 12.0 Å². The molecule has 0 saturated carbocycles. The Kier molecular flexibility index (Phi) is 5.73. The van der Waals surface area contributed by atoms with Crippen LogP contribution < -0.4 is 5.73 Å². The number of methoxy groups -OCH3 is 1. The van der Waals surface area contributed by atoms with E-state index in [1.165, 1.54) is 0 Å². The quantitative estimate of drug-likeness (QED) is 0.608. The fraction of sp³-hybridized carbons (Fsp3) is 0.909. The van der Waals surface area contributed by atoms with Crippen LogP contribution in [0.5, 0.6) is 0 Å². The molecular weight excluding hydrogens is 208 g/mol. The number of nitrogens with two attached hydrogens (primary N) is 1. The number of hydrogen-bond donors (Lipinski definition) is 2. The number of carbonyl (C=O) groups excluding carboxylic acids is 1. The smallest absolute Gasteiger partial charge is 0.239 e. The summed E-state index contributed by atoms with van der Waals surface area (Å²) in [6.07, 6.45) is 2.35. The van der Waals surface area contributed by atoms with Gasteiger partial charge in [-0.3, -0.25) is 4.79 Å². The third kappa shape index (κ3) is 3.73. The first kappa shape index (κ1) is 13.4. The highest BCUT2D eigenvalue weighted by Gasteiger charge is 2.28. The summed E-state index contributed by atoms with van der Waals surface area (Å²) in [6, 6.07) is -0.424. The van der Waals surface area contributed by atoms with Crippen molar-refractivity contribution >= 4 is 5.91 Å². The van der Waals surface area contributed by atoms with Crippen LogP contribution in [-0.4, -0.2) is 55.4 Å². The number of hydrogen-bond acceptors (Lipinski definition) is 4. The normalized spacial score (nSPS) is 22.4. The minimum Gasteiger partial charge on any atom is -0.396 e. The summed E-state index contributed by atoms with van der Waals surface area (Å²) in [5, 5.41) is 8.99. The molecule has 3 N–H and O–H groups in total. The van der Waals surface area contributed by atoms with Crippen LogP contribution in [0.3, 0.4) is 0 Å². The lowest BCUT2D eigenvalue weighted by molar-refractivity contribution is -0.131. The Morgan fingerprint density at radius 2 is 2.44 bits per heavy atom. The maximum Gasteiger partial charge on any atom is 0.239 e. The van der Waals surface area contributed by atoms with Crippen molar-refractivity contribution in [1.29, 1.82) is 0 Å². The molecule has 0 spiro atoms. The Labute approximate surface area is 96.6 Å². The van der Waals surface area contributed by atoms with Crippen molar-refractivity contribution in [3.05, 3.63) is 0 Å². The molecule has 1 fully saturated rings. The van der Waals surface area contributed by atoms with Gasteiger partial charge >= 0.3 is 0 Å². The molecule has 0 aromatic rings. The molecular formula is C11H22N2O3. The Morgan fingerprint density at radius 3 is 3.00 bits per heavy atom. The van der Waals surface area contributed by atoms with Gasteiger partial charge in [0.05, 0.1) is 6.04 Å². The lowest BCUT2D eigenvalue weighted by atomic mass is 10.1. The summed E-state index contributed by atoms with van der Waals surface area (Å²) in [5.41, 5.74) is 5.82. The topological polar surface area (TPSA) is 75.8 Å². The first-order valence-corrected chi connectivity index (χ1v) is 5.83. The summed E-state index contributed by atoms with van der Waals surface area (Å²) in [5.74, 6) is 0.238. The molecule has 16 heavy (non-hydrogen) atoms. The van der Waals surface area contributed by atoms with Gasteiger partial charge in [-0.1, -0.05) is 0 Å². The molecule has 5 nitrogen and oxygen atoms in total. The molecule has 1 saturated heterocycles. The first-order valence-electron chi connectivity index (χ1n) is 5.83. The zero-order chi connectivity index (χ0) is 12.0. The molecule has 0 bridgehead atoms. The van der Waals surface area contributed by atoms with Gasteiger partial charge in [0, 0.05) is 39.3 Å². The van der Waals surface area contributed by atoms with Crippen molar-refractivity contribution in [3.63, 3.8) is 0 Å². The van der Waals surface area contributed by atoms with Gasteiger partial charge < -0.3 is 20.5 Å². The van der Waals surface area contributed by atoms with Crippen molar-refractivity contribution in [2.45, 2.75) is 25.3 Å². The average molecular weight is 230 g/mol. The predicted molar refractivity (Wildman–Crippen MR) is 60.9 cm³/mol. The molecule has 2 atom stereocenters. The standard InChI is InChI=1S/C11H22N2O3/c1-16-6-2-3-10(12)11(15)13-5-4-9(7-13)8-14/h9-10,14H,2-8,12H2,1H3. The van der Waals surface area contributed by atoms with Gasteiger partial charge in [-0.05, 0) is 19.3 Å². The van der Waals surface area contributed by atoms with E-state index in [4.69, 9.17) is 15.6 Å². The van der Waals surface area contributed by atoms with E-state index in [0.717, 1.165) is 19.4 Å². The number of amides is 1. The Morgan fingerprint density at radius 1 is 1.69 bits per heavy atom. The van der Waals surface area contributed by atoms with Crippen LogP contribution in [0.2, 0.25) is 0 Å². The Hall–Kier alpha value is -0.650. The predicted octanol–water partition coefficient (Wildman–Crippen LogP) is -0.419. The van der Waals surface area contributed by atoms with Crippen molar-refractivity contribution in [1.82, 2.24) is 4.90 Å². The second kappa shape index (κ2) is 6.83. The van der Waals surface area contributed by atoms with Gasteiger partial charge in [0.25, 0.3) is 0 Å². The zero-order valence-corrected chi connectivity index (χ0v) is 9.89. The van der Waals surface area contributed by atoms with Crippen LogP contribution in [0.1, 0.15) is 19.3 Å². The van der Waals surface area contributed by atoms with E-state index in [2.05, 4.69) is 0 Å². The highest BCUT2D eigenvalue weighted by molar-refractivity contribution is 5.81. The van der Waals surface area contributed by atoms with Crippen molar-refractivity contribution in [2.75, 3.05) is 33.4 Å². The summed E-state index contributed by atoms with van der Waals surface area (Å²) in [6.45, 7) is 2.16. The Balaban J connectivity index is 2.28. The van der Waals surface area contributed by atoms with Gasteiger partial charge in [-0.25, -0.2) is 0 Å². The van der Waals surface area contributed by atoms with E-state index < -0.39 is 6.04 Å². The molecule has 94 valence electrons. The number of likely N-dealkylation sites (tertiary alicyclic amines) is 1. The Bertz CT molecular complexity index is 223. The number of ether oxygens (including phenoxy) is 1. The summed E-state index contributed by atoms with van der Waals surface area (Å²) in [4.78, 5) is 13.6. The molecule has 0 aromatic heterocycles. The lowest BCUT2D eigenvalue weighted by Crippen LogP contribution is -2.42. The molecule has 1 amide bonds. The highest BCUT2D eigenvalue weighted by atomic mass is 16.5. The van der Waals surface area contributed by atoms with E-state index >= 15 is 0 Å². The minimum atomic E-state index is -0.424. The minimum absolute atomic E-state index is 0.00653. The van der Waals surface area contributed by atoms with Gasteiger partial charge in [0.15, 0.2) is 0 Å². The van der Waals surface area contributed by atoms with Crippen LogP contribution in [0.4, 0.5) is 0 Å². The van der Waals surface area contributed by atoms with Crippen LogP contribution in [-0.2, 0) is 9.53 Å². The molecule has 0 radical (unpaired) electrons. The molecule has 0 aromatic carbocycles. The first-order chi connectivity index (χ1) is 7.69. The monoisotopic (exact) mass is 230 g/mol. The largest absolute Gasteiger partial charge is 0.396 e. The van der Waals surface area contributed by atoms with E-state index in [0.29, 0.717) is 19.6 Å². The summed E-state index contributed by atoms with van der Waals surface area (Å²) < 4.78 is 4.92. The van der Waals surface area contributed by atoms with Crippen molar-refractivity contribution in [2.24, 2.45) is 11.7 Å². The lowest BCUT2D eigenvalue weighted by Gasteiger charge is -2.20. The summed E-state index contributed by atoms with van der Waals surface area (Å²) >= 11 is 0. The van der Waals surface area contributed by atoms with E-state index in [-0.39, 0.29) is 18.4 Å². The molecule has 1 rings (SSSR count). The van der Waals surface area contributed by atoms with E-state index in [1.807, 2.05) is 0 Å². The van der Waals surface area contributed by atoms with Crippen LogP contribution in [0.25, 0.3) is 0 Å². The molecule has 2 unspecified atom stereocenters. The van der Waals surface area contributed by atoms with Crippen molar-refractivity contribution < 1.29 is 14.6 Å². The number of aliphatic hydroxyl groups excluding tert-OH is 1. The van der Waals surface area contributed by atoms with Gasteiger partial charge in [-0.2, -0.15) is 0 Å². The fourth-order valence-corrected chi connectivity index (χ4v) is 1.99. The second-order valence-electron chi connectivity index (χ2n) is 4.36. The van der Waals surface area contributed by atoms with Gasteiger partial charge in [0.1, 0.15) is 0 Å². The SMILES string of the molecule is COCCCC(N)C(=O)N1CCC(CO)C1. The van der Waals surface area contributed by atoms with Crippen LogP contribution in [0.15, 0.2) is 0 Å². The third-order valence-electron chi connectivity index (χ3n) is 3.04. The number of rotatable bonds is 6. The highest BCUT2D eigenvalue weighted by Crippen LogP contribution is 2.16. The maximum atomic E-state index is 11.9. The summed E-state index contributed by atoms with van der Waals surface area (Å²) in [7, 11) is 1.64. The third-order valence-corrected chi connectivity index (χ3v) is 3.04. The molecule has 0 aliphatic carbocycles. The number of aliphatic hydroxyl groups is 1. The molecule has 5 heteroatoms. The number of carbonyl (C=O) groups is 1. The van der Waals surface area contributed by atoms with Crippen LogP contribution in [0, 0.1) is 5.92 Å². The fourth-order valence-electron chi connectivity index (χ4n) is 1.99. The average Bonchev–Trinajstić information content (AvgIpc) is 2.76. The number of nitrogens with zero attached hydrogens (tertiary/aromatic N) is 1. The van der Waals surface area contributed by atoms with Crippen LogP contribution >= 0.6 is 0 Å². The zero-order valence-electron chi connectivity index (χ0n) is 9.89. The molecule has 1 aliphatic heterocycles. The molecule has 1 aliphatic rings. The molecule has 1 heterocycles. The van der Waals surface area contributed by atoms with Crippen molar-refractivity contribution in [3.8, 4) is 0 Å². The van der Waals surface area contributed by atoms with Gasteiger partial charge in [0.2, 0.25) is 5.91 Å². The maximum absolute atomic E-state index is 11.9.